The molecule has 2 saturated carbocycles. The molecule has 0 radical (unpaired) electrons. The maximum absolute atomic E-state index is 12.4. The van der Waals surface area contributed by atoms with Gasteiger partial charge < -0.3 is 9.47 Å². The SMILES string of the molecule is CC(C)=CC1C(C(=O)OCN2C(=O)C3=C(CCCC3)C2=O)C1(C)C.CC(C)=CC1C(C(=O)OCN2C(=O)C3=C(CCCC3)C2=O)C1(C)C. The zero-order valence-electron chi connectivity index (χ0n) is 29.7. The van der Waals surface area contributed by atoms with Gasteiger partial charge in [0.25, 0.3) is 23.6 Å². The molecule has 2 fully saturated rings. The summed E-state index contributed by atoms with van der Waals surface area (Å²) in [5, 5.41) is 0. The van der Waals surface area contributed by atoms with E-state index in [-0.39, 0.29) is 83.5 Å². The van der Waals surface area contributed by atoms with E-state index in [9.17, 15) is 28.8 Å². The Labute approximate surface area is 283 Å². The lowest BCUT2D eigenvalue weighted by Crippen LogP contribution is -2.35. The molecule has 260 valence electrons. The molecule has 0 N–H and O–H groups in total. The normalized spacial score (nSPS) is 27.9. The molecule has 0 aromatic rings. The van der Waals surface area contributed by atoms with Gasteiger partial charge in [-0.25, -0.2) is 9.80 Å². The number of allylic oxidation sites excluding steroid dienone is 4. The molecule has 0 spiro atoms. The lowest BCUT2D eigenvalue weighted by Gasteiger charge is -2.15. The molecule has 10 nitrogen and oxygen atoms in total. The van der Waals surface area contributed by atoms with Gasteiger partial charge in [-0.05, 0) is 102 Å². The summed E-state index contributed by atoms with van der Waals surface area (Å²) in [5.41, 5.74) is 4.56. The quantitative estimate of drug-likeness (QED) is 0.178. The van der Waals surface area contributed by atoms with E-state index in [0.29, 0.717) is 48.0 Å². The molecular formula is C38H50N2O8. The molecular weight excluding hydrogens is 612 g/mol. The van der Waals surface area contributed by atoms with Crippen LogP contribution in [-0.4, -0.2) is 58.8 Å². The van der Waals surface area contributed by atoms with Crippen LogP contribution in [0.1, 0.15) is 107 Å². The van der Waals surface area contributed by atoms with Gasteiger partial charge in [-0.3, -0.25) is 28.8 Å². The zero-order valence-corrected chi connectivity index (χ0v) is 29.7. The van der Waals surface area contributed by atoms with Crippen LogP contribution in [0.3, 0.4) is 0 Å². The third kappa shape index (κ3) is 6.59. The van der Waals surface area contributed by atoms with Gasteiger partial charge in [-0.15, -0.1) is 0 Å². The van der Waals surface area contributed by atoms with Crippen molar-refractivity contribution in [3.63, 3.8) is 0 Å². The van der Waals surface area contributed by atoms with Gasteiger partial charge in [-0.1, -0.05) is 51.0 Å². The van der Waals surface area contributed by atoms with Crippen LogP contribution in [0.25, 0.3) is 0 Å². The van der Waals surface area contributed by atoms with Crippen LogP contribution in [0, 0.1) is 34.5 Å². The van der Waals surface area contributed by atoms with Gasteiger partial charge in [0.15, 0.2) is 13.5 Å². The predicted octanol–water partition coefficient (Wildman–Crippen LogP) is 5.93. The smallest absolute Gasteiger partial charge is 0.311 e. The Hall–Kier alpha value is -3.82. The highest BCUT2D eigenvalue weighted by molar-refractivity contribution is 6.20. The summed E-state index contributed by atoms with van der Waals surface area (Å²) in [5.74, 6) is -1.86. The highest BCUT2D eigenvalue weighted by Crippen LogP contribution is 2.60. The van der Waals surface area contributed by atoms with Crippen LogP contribution in [-0.2, 0) is 38.2 Å². The summed E-state index contributed by atoms with van der Waals surface area (Å²) in [7, 11) is 0. The largest absolute Gasteiger partial charge is 0.443 e. The minimum Gasteiger partial charge on any atom is -0.443 e. The molecule has 4 atom stereocenters. The van der Waals surface area contributed by atoms with Crippen molar-refractivity contribution in [2.75, 3.05) is 13.5 Å². The molecule has 4 amide bonds. The van der Waals surface area contributed by atoms with E-state index in [2.05, 4.69) is 12.2 Å². The second kappa shape index (κ2) is 13.2. The van der Waals surface area contributed by atoms with Crippen LogP contribution < -0.4 is 0 Å². The van der Waals surface area contributed by atoms with Crippen LogP contribution in [0.2, 0.25) is 0 Å². The predicted molar refractivity (Wildman–Crippen MR) is 177 cm³/mol. The molecule has 6 aliphatic rings. The Balaban J connectivity index is 0.000000188. The summed E-state index contributed by atoms with van der Waals surface area (Å²) < 4.78 is 10.7. The molecule has 4 aliphatic carbocycles. The number of hydrogen-bond acceptors (Lipinski definition) is 8. The Morgan fingerprint density at radius 3 is 1.10 bits per heavy atom. The minimum absolute atomic E-state index is 0.134. The Morgan fingerprint density at radius 2 is 0.854 bits per heavy atom. The van der Waals surface area contributed by atoms with Crippen molar-refractivity contribution in [3.8, 4) is 0 Å². The molecule has 48 heavy (non-hydrogen) atoms. The zero-order chi connectivity index (χ0) is 35.3. The summed E-state index contributed by atoms with van der Waals surface area (Å²) in [6, 6.07) is 0. The lowest BCUT2D eigenvalue weighted by molar-refractivity contribution is -0.159. The molecule has 6 rings (SSSR count). The maximum Gasteiger partial charge on any atom is 0.311 e. The first-order valence-electron chi connectivity index (χ1n) is 17.3. The average molecular weight is 663 g/mol. The number of esters is 2. The van der Waals surface area contributed by atoms with E-state index in [0.717, 1.165) is 35.5 Å². The average Bonchev–Trinajstić information content (AvgIpc) is 3.68. The highest BCUT2D eigenvalue weighted by atomic mass is 16.6. The van der Waals surface area contributed by atoms with E-state index < -0.39 is 0 Å². The maximum atomic E-state index is 12.4. The molecule has 2 aliphatic heterocycles. The van der Waals surface area contributed by atoms with Gasteiger partial charge in [0.2, 0.25) is 0 Å². The fraction of sp³-hybridized carbons (Fsp3) is 0.632. The van der Waals surface area contributed by atoms with Gasteiger partial charge in [0.1, 0.15) is 0 Å². The first-order valence-corrected chi connectivity index (χ1v) is 17.3. The van der Waals surface area contributed by atoms with Crippen molar-refractivity contribution < 1.29 is 38.2 Å². The van der Waals surface area contributed by atoms with Crippen molar-refractivity contribution in [1.29, 1.82) is 0 Å². The van der Waals surface area contributed by atoms with Crippen LogP contribution in [0.4, 0.5) is 0 Å². The third-order valence-corrected chi connectivity index (χ3v) is 11.0. The van der Waals surface area contributed by atoms with E-state index in [1.165, 1.54) is 11.1 Å². The molecule has 2 heterocycles. The van der Waals surface area contributed by atoms with E-state index in [1.54, 1.807) is 0 Å². The number of amides is 4. The summed E-state index contributed by atoms with van der Waals surface area (Å²) in [6.07, 6.45) is 10.6. The van der Waals surface area contributed by atoms with Crippen LogP contribution in [0.5, 0.6) is 0 Å². The molecule has 0 aromatic heterocycles. The number of nitrogens with zero attached hydrogens (tertiary/aromatic N) is 2. The summed E-state index contributed by atoms with van der Waals surface area (Å²) in [6.45, 7) is 15.7. The summed E-state index contributed by atoms with van der Waals surface area (Å²) in [4.78, 5) is 76.3. The van der Waals surface area contributed by atoms with Crippen molar-refractivity contribution in [2.45, 2.75) is 107 Å². The lowest BCUT2D eigenvalue weighted by atomic mass is 9.93. The van der Waals surface area contributed by atoms with Crippen LogP contribution >= 0.6 is 0 Å². The van der Waals surface area contributed by atoms with Crippen LogP contribution in [0.15, 0.2) is 45.6 Å². The second-order valence-corrected chi connectivity index (χ2v) is 15.7. The molecule has 0 aromatic carbocycles. The molecule has 4 unspecified atom stereocenters. The van der Waals surface area contributed by atoms with Gasteiger partial charge in [-0.2, -0.15) is 0 Å². The number of carbonyl (C=O) groups excluding carboxylic acids is 6. The van der Waals surface area contributed by atoms with Gasteiger partial charge >= 0.3 is 11.9 Å². The minimum atomic E-state index is -0.326. The second-order valence-electron chi connectivity index (χ2n) is 15.7. The summed E-state index contributed by atoms with van der Waals surface area (Å²) >= 11 is 0. The Kier molecular flexibility index (Phi) is 9.79. The van der Waals surface area contributed by atoms with Crippen molar-refractivity contribution in [2.24, 2.45) is 34.5 Å². The number of hydrogen-bond donors (Lipinski definition) is 0. The first-order chi connectivity index (χ1) is 22.5. The number of carbonyl (C=O) groups is 6. The van der Waals surface area contributed by atoms with Crippen molar-refractivity contribution in [3.05, 3.63) is 45.6 Å². The van der Waals surface area contributed by atoms with Crippen molar-refractivity contribution in [1.82, 2.24) is 9.80 Å². The number of imide groups is 2. The molecule has 0 saturated heterocycles. The molecule has 0 bridgehead atoms. The van der Waals surface area contributed by atoms with E-state index >= 15 is 0 Å². The number of rotatable bonds is 8. The fourth-order valence-electron chi connectivity index (χ4n) is 7.86. The van der Waals surface area contributed by atoms with Crippen molar-refractivity contribution >= 4 is 35.6 Å². The standard InChI is InChI=1S/2C19H25NO4/c2*1-11(2)9-14-15(19(14,3)4)18(23)24-10-20-16(21)12-7-5-6-8-13(12)17(20)22/h2*9,14-15H,5-8,10H2,1-4H3. The van der Waals surface area contributed by atoms with E-state index in [1.807, 2.05) is 55.4 Å². The first kappa shape index (κ1) is 35.5. The third-order valence-electron chi connectivity index (χ3n) is 11.0. The Bertz CT molecular complexity index is 1390. The van der Waals surface area contributed by atoms with Gasteiger partial charge in [0, 0.05) is 22.3 Å². The highest BCUT2D eigenvalue weighted by Gasteiger charge is 2.62. The Morgan fingerprint density at radius 1 is 0.583 bits per heavy atom. The topological polar surface area (TPSA) is 127 Å². The number of ether oxygens (including phenoxy) is 2. The van der Waals surface area contributed by atoms with Gasteiger partial charge in [0.05, 0.1) is 11.8 Å². The monoisotopic (exact) mass is 662 g/mol. The fourth-order valence-corrected chi connectivity index (χ4v) is 7.86. The molecule has 10 heteroatoms. The van der Waals surface area contributed by atoms with E-state index in [4.69, 9.17) is 9.47 Å².